The first-order valence-electron chi connectivity index (χ1n) is 13.9. The van der Waals surface area contributed by atoms with Gasteiger partial charge in [-0.2, -0.15) is 5.01 Å². The number of hydrogen-bond acceptors (Lipinski definition) is 7. The number of benzene rings is 3. The summed E-state index contributed by atoms with van der Waals surface area (Å²) in [6.07, 6.45) is 0. The Morgan fingerprint density at radius 3 is 1.92 bits per heavy atom. The molecule has 3 aromatic carbocycles. The van der Waals surface area contributed by atoms with Crippen molar-refractivity contribution < 1.29 is 33.4 Å². The highest BCUT2D eigenvalue weighted by atomic mass is 35.5. The van der Waals surface area contributed by atoms with Gasteiger partial charge in [0.05, 0.1) is 45.2 Å². The molecule has 0 spiro atoms. The number of allylic oxidation sites excluding steroid dienone is 2. The molecule has 3 aromatic rings. The fourth-order valence-corrected chi connectivity index (χ4v) is 9.22. The van der Waals surface area contributed by atoms with E-state index in [4.69, 9.17) is 90.7 Å². The quantitative estimate of drug-likeness (QED) is 0.0778. The molecule has 2 aliphatic carbocycles. The third kappa shape index (κ3) is 4.93. The zero-order valence-corrected chi connectivity index (χ0v) is 29.5. The monoisotopic (exact) mass is 788 g/mol. The summed E-state index contributed by atoms with van der Waals surface area (Å²) in [5, 5.41) is 0.483. The standard InChI is InChI=1S/C32H19Cl7N2O7/c1-47-18-6-4-5-16(13-18)29(46)48-17-11-9-15(10-12-17)21(42)14-40(26(43)19-7-2-3-8-20(19)33)41-27(44)22-23(28(41)45)31(37)25(35)24(34)30(22,36)32(31,38)39/h2-13,22-23H,14H2,1H3/t22-,23-,30+,31+/m0/s1. The minimum Gasteiger partial charge on any atom is -0.497 e. The van der Waals surface area contributed by atoms with E-state index in [-0.39, 0.29) is 37.5 Å². The molecule has 0 radical (unpaired) electrons. The lowest BCUT2D eigenvalue weighted by Gasteiger charge is -2.36. The molecule has 0 unspecified atom stereocenters. The normalized spacial score (nSPS) is 25.3. The van der Waals surface area contributed by atoms with E-state index >= 15 is 0 Å². The van der Waals surface area contributed by atoms with Gasteiger partial charge in [0.1, 0.15) is 27.8 Å². The minimum atomic E-state index is -2.20. The largest absolute Gasteiger partial charge is 0.497 e. The fraction of sp³-hybridized carbons (Fsp3) is 0.219. The number of ketones is 1. The lowest BCUT2D eigenvalue weighted by Crippen LogP contribution is -2.56. The van der Waals surface area contributed by atoms with Gasteiger partial charge < -0.3 is 9.47 Å². The molecule has 2 bridgehead atoms. The number of imide groups is 1. The molecule has 6 rings (SSSR count). The first-order chi connectivity index (χ1) is 22.6. The third-order valence-electron chi connectivity index (χ3n) is 8.45. The van der Waals surface area contributed by atoms with Crippen molar-refractivity contribution in [2.24, 2.45) is 11.8 Å². The number of carbonyl (C=O) groups excluding carboxylic acids is 5. The zero-order valence-electron chi connectivity index (χ0n) is 24.2. The lowest BCUT2D eigenvalue weighted by molar-refractivity contribution is -0.154. The number of hydrogen-bond donors (Lipinski definition) is 0. The van der Waals surface area contributed by atoms with Crippen LogP contribution in [-0.2, 0) is 9.59 Å². The molecule has 9 nitrogen and oxygen atoms in total. The third-order valence-corrected chi connectivity index (χ3v) is 13.0. The highest BCUT2D eigenvalue weighted by Gasteiger charge is 2.88. The van der Waals surface area contributed by atoms with Crippen LogP contribution in [0.4, 0.5) is 0 Å². The van der Waals surface area contributed by atoms with Gasteiger partial charge in [0, 0.05) is 5.56 Å². The first kappa shape index (κ1) is 34.8. The van der Waals surface area contributed by atoms with Crippen LogP contribution < -0.4 is 9.47 Å². The number of methoxy groups -OCH3 is 1. The van der Waals surface area contributed by atoms with Gasteiger partial charge in [-0.05, 0) is 54.6 Å². The summed E-state index contributed by atoms with van der Waals surface area (Å²) in [4.78, 5) is 64.2. The number of hydrazine groups is 1. The maximum atomic E-state index is 14.1. The molecule has 0 aromatic heterocycles. The molecule has 4 atom stereocenters. The van der Waals surface area contributed by atoms with Crippen molar-refractivity contribution >= 4 is 111 Å². The van der Waals surface area contributed by atoms with Gasteiger partial charge in [-0.15, -0.1) is 23.2 Å². The number of Topliss-reactive ketones (excluding diaryl/α,β-unsaturated/α-hetero) is 1. The summed E-state index contributed by atoms with van der Waals surface area (Å²) in [5.74, 6) is -6.95. The van der Waals surface area contributed by atoms with Gasteiger partial charge in [0.2, 0.25) is 0 Å². The number of halogens is 7. The van der Waals surface area contributed by atoms with E-state index in [2.05, 4.69) is 0 Å². The Morgan fingerprint density at radius 2 is 1.35 bits per heavy atom. The Morgan fingerprint density at radius 1 is 0.771 bits per heavy atom. The molecule has 48 heavy (non-hydrogen) atoms. The maximum Gasteiger partial charge on any atom is 0.343 e. The number of amides is 3. The van der Waals surface area contributed by atoms with E-state index < -0.39 is 61.9 Å². The second kappa shape index (κ2) is 12.4. The van der Waals surface area contributed by atoms with E-state index in [1.165, 1.54) is 55.6 Å². The second-order valence-corrected chi connectivity index (χ2v) is 14.7. The van der Waals surface area contributed by atoms with Gasteiger partial charge in [-0.25, -0.2) is 9.80 Å². The van der Waals surface area contributed by atoms with Crippen LogP contribution in [0.3, 0.4) is 0 Å². The lowest BCUT2D eigenvalue weighted by atomic mass is 9.84. The van der Waals surface area contributed by atoms with Crippen LogP contribution >= 0.6 is 81.2 Å². The van der Waals surface area contributed by atoms with Gasteiger partial charge in [-0.1, -0.05) is 76.2 Å². The van der Waals surface area contributed by atoms with Crippen LogP contribution in [0.1, 0.15) is 31.1 Å². The number of nitrogens with zero attached hydrogens (tertiary/aromatic N) is 2. The number of rotatable bonds is 8. The molecular formula is C32H19Cl7N2O7. The van der Waals surface area contributed by atoms with Crippen molar-refractivity contribution in [3.05, 3.63) is 105 Å². The van der Waals surface area contributed by atoms with Crippen molar-refractivity contribution in [2.45, 2.75) is 14.1 Å². The molecule has 2 fully saturated rings. The van der Waals surface area contributed by atoms with Crippen molar-refractivity contribution in [3.63, 3.8) is 0 Å². The Kier molecular flexibility index (Phi) is 8.99. The molecule has 16 heteroatoms. The van der Waals surface area contributed by atoms with Crippen LogP contribution in [0.25, 0.3) is 0 Å². The van der Waals surface area contributed by atoms with E-state index in [1.54, 1.807) is 24.3 Å². The topological polar surface area (TPSA) is 110 Å². The van der Waals surface area contributed by atoms with Crippen LogP contribution in [-0.4, -0.2) is 67.2 Å². The number of fused-ring (bicyclic) bond motifs is 5. The van der Waals surface area contributed by atoms with Crippen molar-refractivity contribution in [2.75, 3.05) is 13.7 Å². The maximum absolute atomic E-state index is 14.1. The average molecular weight is 792 g/mol. The van der Waals surface area contributed by atoms with Crippen LogP contribution in [0, 0.1) is 11.8 Å². The summed E-state index contributed by atoms with van der Waals surface area (Å²) in [7, 11) is 1.46. The zero-order chi connectivity index (χ0) is 34.9. The Balaban J connectivity index is 1.31. The van der Waals surface area contributed by atoms with E-state index in [1.807, 2.05) is 0 Å². The molecule has 0 N–H and O–H groups in total. The van der Waals surface area contributed by atoms with E-state index in [0.717, 1.165) is 0 Å². The Bertz CT molecular complexity index is 1910. The molecule has 1 aliphatic heterocycles. The summed E-state index contributed by atoms with van der Waals surface area (Å²) in [5.41, 5.74) is 0.160. The highest BCUT2D eigenvalue weighted by Crippen LogP contribution is 2.77. The molecule has 1 heterocycles. The number of alkyl halides is 4. The predicted octanol–water partition coefficient (Wildman–Crippen LogP) is 7.25. The van der Waals surface area contributed by atoms with Crippen molar-refractivity contribution in [1.82, 2.24) is 10.0 Å². The number of ether oxygens (including phenoxy) is 2. The minimum absolute atomic E-state index is 0.0163. The highest BCUT2D eigenvalue weighted by molar-refractivity contribution is 6.66. The SMILES string of the molecule is COc1cccc(C(=O)Oc2ccc(C(=O)CN(C(=O)c3ccccc3Cl)N3C(=O)[C@@H]4[C@@H](C3=O)[C@@]3(Cl)C(Cl)=C(Cl)[C@@]4(Cl)C3(Cl)Cl)cc2)c1. The molecule has 3 amide bonds. The molecule has 1 saturated heterocycles. The second-order valence-electron chi connectivity index (χ2n) is 11.0. The van der Waals surface area contributed by atoms with Gasteiger partial charge in [0.25, 0.3) is 17.7 Å². The fourth-order valence-electron chi connectivity index (χ4n) is 6.08. The van der Waals surface area contributed by atoms with Crippen LogP contribution in [0.5, 0.6) is 11.5 Å². The average Bonchev–Trinajstić information content (AvgIpc) is 3.46. The smallest absolute Gasteiger partial charge is 0.343 e. The van der Waals surface area contributed by atoms with Gasteiger partial charge in [0.15, 0.2) is 10.1 Å². The number of carbonyl (C=O) groups is 5. The summed E-state index contributed by atoms with van der Waals surface area (Å²) >= 11 is 45.9. The number of esters is 1. The Labute approximate surface area is 308 Å². The predicted molar refractivity (Wildman–Crippen MR) is 180 cm³/mol. The van der Waals surface area contributed by atoms with E-state index in [9.17, 15) is 24.0 Å². The molecular weight excluding hydrogens is 773 g/mol. The first-order valence-corrected chi connectivity index (χ1v) is 16.5. The summed E-state index contributed by atoms with van der Waals surface area (Å²) in [6, 6.07) is 17.6. The summed E-state index contributed by atoms with van der Waals surface area (Å²) in [6.45, 7) is -0.823. The Hall–Kier alpha value is -3.02. The summed E-state index contributed by atoms with van der Waals surface area (Å²) < 4.78 is 8.33. The molecule has 1 saturated carbocycles. The molecule has 248 valence electrons. The van der Waals surface area contributed by atoms with Gasteiger partial charge >= 0.3 is 5.97 Å². The molecule has 3 aliphatic rings. The van der Waals surface area contributed by atoms with Crippen LogP contribution in [0.15, 0.2) is 82.9 Å². The van der Waals surface area contributed by atoms with Crippen molar-refractivity contribution in [3.8, 4) is 11.5 Å². The van der Waals surface area contributed by atoms with Crippen LogP contribution in [0.2, 0.25) is 5.02 Å². The van der Waals surface area contributed by atoms with Gasteiger partial charge in [-0.3, -0.25) is 19.2 Å². The van der Waals surface area contributed by atoms with E-state index in [0.29, 0.717) is 15.8 Å². The van der Waals surface area contributed by atoms with Crippen molar-refractivity contribution in [1.29, 1.82) is 0 Å².